The molecule has 10 heteroatoms. The number of ether oxygens (including phenoxy) is 4. The summed E-state index contributed by atoms with van der Waals surface area (Å²) in [5, 5.41) is 0.330. The highest BCUT2D eigenvalue weighted by Crippen LogP contribution is 2.30. The molecule has 10 nitrogen and oxygen atoms in total. The van der Waals surface area contributed by atoms with Gasteiger partial charge in [-0.15, -0.1) is 0 Å². The van der Waals surface area contributed by atoms with E-state index >= 15 is 0 Å². The molecule has 0 aliphatic carbocycles. The minimum Gasteiger partial charge on any atom is -0.493 e. The van der Waals surface area contributed by atoms with E-state index in [1.54, 1.807) is 12.1 Å². The van der Waals surface area contributed by atoms with Gasteiger partial charge in [-0.3, -0.25) is 19.2 Å². The van der Waals surface area contributed by atoms with Crippen LogP contribution in [0.25, 0.3) is 10.9 Å². The topological polar surface area (TPSA) is 134 Å². The van der Waals surface area contributed by atoms with Gasteiger partial charge in [0.1, 0.15) is 19.0 Å². The maximum absolute atomic E-state index is 13.0. The molecule has 0 bridgehead atoms. The van der Waals surface area contributed by atoms with Crippen molar-refractivity contribution in [3.63, 3.8) is 0 Å². The first-order chi connectivity index (χ1) is 21.4. The van der Waals surface area contributed by atoms with Crippen LogP contribution in [0.1, 0.15) is 36.2 Å². The number of carbonyl (C=O) groups is 3. The number of aromatic nitrogens is 2. The summed E-state index contributed by atoms with van der Waals surface area (Å²) < 4.78 is 21.4. The molecule has 0 saturated carbocycles. The third kappa shape index (κ3) is 9.12. The van der Waals surface area contributed by atoms with Crippen molar-refractivity contribution in [1.29, 1.82) is 0 Å². The van der Waals surface area contributed by atoms with Crippen LogP contribution in [0.3, 0.4) is 0 Å². The van der Waals surface area contributed by atoms with Crippen molar-refractivity contribution in [2.75, 3.05) is 14.2 Å². The standard InChI is InChI=1S/C34H34N2O8/c1-41-29-19-27-28(20-30(29)42-2)35-31(36-33(27)39)17-16-26(37)15-13-25(34(40)44-22-24-11-7-4-8-12-24)14-18-32(38)43-21-23-9-5-3-6-10-23/h3-13,15,19-20,25H,14,16-18,21-22H2,1-2H3,(H,35,36,39)/b15-13+/t25-/m0/s1. The predicted octanol–water partition coefficient (Wildman–Crippen LogP) is 4.88. The largest absolute Gasteiger partial charge is 0.493 e. The zero-order chi connectivity index (χ0) is 31.3. The Morgan fingerprint density at radius 2 is 1.45 bits per heavy atom. The number of carbonyl (C=O) groups excluding carboxylic acids is 3. The molecule has 3 aromatic carbocycles. The molecule has 1 aromatic heterocycles. The lowest BCUT2D eigenvalue weighted by Crippen LogP contribution is -2.18. The van der Waals surface area contributed by atoms with Gasteiger partial charge < -0.3 is 23.9 Å². The molecule has 0 unspecified atom stereocenters. The molecule has 0 aliphatic rings. The van der Waals surface area contributed by atoms with Gasteiger partial charge in [0.15, 0.2) is 17.3 Å². The number of allylic oxidation sites excluding steroid dienone is 1. The number of fused-ring (bicyclic) bond motifs is 1. The first kappa shape index (κ1) is 31.7. The van der Waals surface area contributed by atoms with Gasteiger partial charge in [-0.1, -0.05) is 66.7 Å². The number of aromatic amines is 1. The first-order valence-electron chi connectivity index (χ1n) is 14.1. The fourth-order valence-corrected chi connectivity index (χ4v) is 4.39. The van der Waals surface area contributed by atoms with Gasteiger partial charge >= 0.3 is 11.9 Å². The van der Waals surface area contributed by atoms with E-state index in [-0.39, 0.29) is 50.2 Å². The van der Waals surface area contributed by atoms with Crippen LogP contribution in [0.2, 0.25) is 0 Å². The SMILES string of the molecule is COc1cc2nc(CCC(=O)/C=C/[C@@H](CCC(=O)OCc3ccccc3)C(=O)OCc3ccccc3)[nH]c(=O)c2cc1OC. The Morgan fingerprint density at radius 1 is 0.841 bits per heavy atom. The maximum Gasteiger partial charge on any atom is 0.313 e. The Balaban J connectivity index is 1.38. The van der Waals surface area contributed by atoms with E-state index in [4.69, 9.17) is 18.9 Å². The zero-order valence-electron chi connectivity index (χ0n) is 24.6. The number of methoxy groups -OCH3 is 2. The summed E-state index contributed by atoms with van der Waals surface area (Å²) in [6, 6.07) is 21.6. The van der Waals surface area contributed by atoms with Gasteiger partial charge in [-0.2, -0.15) is 0 Å². The number of hydrogen-bond acceptors (Lipinski definition) is 9. The lowest BCUT2D eigenvalue weighted by atomic mass is 10.0. The molecule has 0 aliphatic heterocycles. The maximum atomic E-state index is 13.0. The van der Waals surface area contributed by atoms with Crippen LogP contribution >= 0.6 is 0 Å². The van der Waals surface area contributed by atoms with Gasteiger partial charge in [0, 0.05) is 25.3 Å². The second kappa shape index (κ2) is 15.8. The summed E-state index contributed by atoms with van der Waals surface area (Å²) in [4.78, 5) is 57.9. The van der Waals surface area contributed by atoms with E-state index in [0.29, 0.717) is 28.2 Å². The van der Waals surface area contributed by atoms with Crippen LogP contribution in [-0.2, 0) is 43.5 Å². The Labute approximate surface area is 254 Å². The van der Waals surface area contributed by atoms with Crippen LogP contribution in [0.4, 0.5) is 0 Å². The number of hydrogen-bond donors (Lipinski definition) is 1. The highest BCUT2D eigenvalue weighted by molar-refractivity contribution is 5.90. The fourth-order valence-electron chi connectivity index (χ4n) is 4.39. The molecular weight excluding hydrogens is 564 g/mol. The minimum atomic E-state index is -0.840. The number of ketones is 1. The number of benzene rings is 3. The molecule has 1 atom stereocenters. The van der Waals surface area contributed by atoms with Gasteiger partial charge in [-0.25, -0.2) is 4.98 Å². The molecule has 0 fully saturated rings. The highest BCUT2D eigenvalue weighted by atomic mass is 16.5. The fraction of sp³-hybridized carbons (Fsp3) is 0.265. The predicted molar refractivity (Wildman–Crippen MR) is 163 cm³/mol. The molecule has 0 saturated heterocycles. The molecular formula is C34H34N2O8. The van der Waals surface area contributed by atoms with E-state index in [1.807, 2.05) is 60.7 Å². The van der Waals surface area contributed by atoms with Crippen molar-refractivity contribution >= 4 is 28.6 Å². The van der Waals surface area contributed by atoms with E-state index in [1.165, 1.54) is 26.4 Å². The van der Waals surface area contributed by atoms with Gasteiger partial charge in [0.05, 0.1) is 31.0 Å². The van der Waals surface area contributed by atoms with Crippen LogP contribution in [-0.4, -0.2) is 41.9 Å². The molecule has 0 radical (unpaired) electrons. The number of aryl methyl sites for hydroxylation is 1. The lowest BCUT2D eigenvalue weighted by molar-refractivity contribution is -0.149. The van der Waals surface area contributed by atoms with Crippen molar-refractivity contribution in [3.8, 4) is 11.5 Å². The molecule has 1 heterocycles. The average Bonchev–Trinajstić information content (AvgIpc) is 3.05. The first-order valence-corrected chi connectivity index (χ1v) is 14.1. The van der Waals surface area contributed by atoms with Gasteiger partial charge in [0.2, 0.25) is 0 Å². The van der Waals surface area contributed by atoms with E-state index < -0.39 is 17.9 Å². The lowest BCUT2D eigenvalue weighted by Gasteiger charge is -2.13. The van der Waals surface area contributed by atoms with Crippen molar-refractivity contribution < 1.29 is 33.3 Å². The van der Waals surface area contributed by atoms with Crippen molar-refractivity contribution in [3.05, 3.63) is 112 Å². The summed E-state index contributed by atoms with van der Waals surface area (Å²) >= 11 is 0. The van der Waals surface area contributed by atoms with E-state index in [9.17, 15) is 19.2 Å². The second-order valence-corrected chi connectivity index (χ2v) is 9.95. The van der Waals surface area contributed by atoms with Gasteiger partial charge in [-0.05, 0) is 29.7 Å². The van der Waals surface area contributed by atoms with Crippen molar-refractivity contribution in [2.45, 2.75) is 38.9 Å². The summed E-state index contributed by atoms with van der Waals surface area (Å²) in [7, 11) is 2.96. The summed E-state index contributed by atoms with van der Waals surface area (Å²) in [5.74, 6) is -0.982. The Bertz CT molecular complexity index is 1670. The molecule has 0 spiro atoms. The third-order valence-electron chi connectivity index (χ3n) is 6.81. The average molecular weight is 599 g/mol. The van der Waals surface area contributed by atoms with Crippen LogP contribution in [0.5, 0.6) is 11.5 Å². The van der Waals surface area contributed by atoms with E-state index in [2.05, 4.69) is 9.97 Å². The smallest absolute Gasteiger partial charge is 0.313 e. The summed E-state index contributed by atoms with van der Waals surface area (Å²) in [6.07, 6.45) is 3.02. The van der Waals surface area contributed by atoms with Crippen molar-refractivity contribution in [2.24, 2.45) is 5.92 Å². The molecule has 4 aromatic rings. The minimum absolute atomic E-state index is 0.0309. The van der Waals surface area contributed by atoms with Crippen LogP contribution in [0, 0.1) is 5.92 Å². The number of nitrogens with zero attached hydrogens (tertiary/aromatic N) is 1. The van der Waals surface area contributed by atoms with Crippen molar-refractivity contribution in [1.82, 2.24) is 9.97 Å². The number of H-pyrrole nitrogens is 1. The molecule has 44 heavy (non-hydrogen) atoms. The van der Waals surface area contributed by atoms with E-state index in [0.717, 1.165) is 11.1 Å². The highest BCUT2D eigenvalue weighted by Gasteiger charge is 2.20. The molecule has 0 amide bonds. The molecule has 228 valence electrons. The third-order valence-corrected chi connectivity index (χ3v) is 6.81. The van der Waals surface area contributed by atoms with Crippen LogP contribution in [0.15, 0.2) is 89.7 Å². The quantitative estimate of drug-likeness (QED) is 0.150. The summed E-state index contributed by atoms with van der Waals surface area (Å²) in [5.41, 5.74) is 1.71. The van der Waals surface area contributed by atoms with Crippen LogP contribution < -0.4 is 15.0 Å². The Morgan fingerprint density at radius 3 is 2.09 bits per heavy atom. The molecule has 1 N–H and O–H groups in total. The number of nitrogens with one attached hydrogen (secondary N) is 1. The number of rotatable bonds is 15. The normalized spacial score (nSPS) is 11.7. The Hall–Kier alpha value is -5.25. The zero-order valence-corrected chi connectivity index (χ0v) is 24.6. The second-order valence-electron chi connectivity index (χ2n) is 9.95. The number of esters is 2. The monoisotopic (exact) mass is 598 g/mol. The molecule has 4 rings (SSSR count). The summed E-state index contributed by atoms with van der Waals surface area (Å²) in [6.45, 7) is 0.191. The van der Waals surface area contributed by atoms with Gasteiger partial charge in [0.25, 0.3) is 5.56 Å². The Kier molecular flexibility index (Phi) is 11.4.